The summed E-state index contributed by atoms with van der Waals surface area (Å²) in [7, 11) is -3.55. The molecule has 0 spiro atoms. The Kier molecular flexibility index (Phi) is 5.68. The molecule has 0 aliphatic carbocycles. The Bertz CT molecular complexity index is 807. The maximum atomic E-state index is 13.4. The number of halogens is 1. The highest BCUT2D eigenvalue weighted by molar-refractivity contribution is 7.96. The van der Waals surface area contributed by atoms with Crippen LogP contribution in [0.5, 0.6) is 0 Å². The molecule has 1 aliphatic rings. The van der Waals surface area contributed by atoms with E-state index in [1.54, 1.807) is 0 Å². The molecule has 136 valence electrons. The van der Waals surface area contributed by atoms with Crippen molar-refractivity contribution in [2.24, 2.45) is 0 Å². The predicted molar refractivity (Wildman–Crippen MR) is 91.1 cm³/mol. The van der Waals surface area contributed by atoms with Crippen molar-refractivity contribution < 1.29 is 21.2 Å². The maximum absolute atomic E-state index is 13.4. The van der Waals surface area contributed by atoms with Gasteiger partial charge in [0.05, 0.1) is 21.7 Å². The monoisotopic (exact) mass is 378 g/mol. The van der Waals surface area contributed by atoms with Gasteiger partial charge in [0.15, 0.2) is 19.7 Å². The second-order valence-electron chi connectivity index (χ2n) is 6.44. The molecular weight excluding hydrogens is 355 g/mol. The average Bonchev–Trinajstić information content (AvgIpc) is 2.77. The van der Waals surface area contributed by atoms with Crippen LogP contribution in [0.1, 0.15) is 5.56 Å². The van der Waals surface area contributed by atoms with Gasteiger partial charge in [-0.05, 0) is 44.8 Å². The van der Waals surface area contributed by atoms with Crippen LogP contribution in [0.4, 0.5) is 4.39 Å². The summed E-state index contributed by atoms with van der Waals surface area (Å²) in [6, 6.07) is 2.89. The zero-order chi connectivity index (χ0) is 18.1. The summed E-state index contributed by atoms with van der Waals surface area (Å²) in [6.45, 7) is 2.63. The van der Waals surface area contributed by atoms with E-state index in [2.05, 4.69) is 5.32 Å². The minimum Gasteiger partial charge on any atom is -0.310 e. The van der Waals surface area contributed by atoms with Crippen molar-refractivity contribution in [2.75, 3.05) is 38.7 Å². The van der Waals surface area contributed by atoms with Crippen molar-refractivity contribution in [3.05, 3.63) is 29.6 Å². The van der Waals surface area contributed by atoms with Crippen molar-refractivity contribution in [2.45, 2.75) is 23.1 Å². The number of likely N-dealkylation sites (N-methyl/N-ethyl adjacent to an activating group) is 1. The zero-order valence-corrected chi connectivity index (χ0v) is 15.6. The van der Waals surface area contributed by atoms with Crippen LogP contribution >= 0.6 is 0 Å². The fourth-order valence-corrected chi connectivity index (χ4v) is 7.55. The van der Waals surface area contributed by atoms with E-state index < -0.39 is 42.5 Å². The molecule has 6 nitrogen and oxygen atoms in total. The minimum atomic E-state index is -3.87. The molecule has 1 saturated heterocycles. The Labute approximate surface area is 142 Å². The second-order valence-corrected chi connectivity index (χ2v) is 10.8. The number of hydrogen-bond donors (Lipinski definition) is 1. The number of sulfone groups is 2. The van der Waals surface area contributed by atoms with Gasteiger partial charge in [-0.2, -0.15) is 0 Å². The molecule has 1 aromatic rings. The van der Waals surface area contributed by atoms with E-state index in [9.17, 15) is 21.2 Å². The van der Waals surface area contributed by atoms with Gasteiger partial charge in [-0.15, -0.1) is 0 Å². The largest absolute Gasteiger partial charge is 0.310 e. The molecule has 2 rings (SSSR count). The quantitative estimate of drug-likeness (QED) is 0.714. The SMILES string of the molecule is Cc1cc(S(=O)(=O)[C@H]2CS(=O)(=O)C[C@@H]2NCCN(C)C)ccc1F. The van der Waals surface area contributed by atoms with Crippen molar-refractivity contribution >= 4 is 19.7 Å². The smallest absolute Gasteiger partial charge is 0.183 e. The molecule has 1 aromatic carbocycles. The molecule has 2 atom stereocenters. The Morgan fingerprint density at radius 2 is 1.96 bits per heavy atom. The first-order chi connectivity index (χ1) is 11.0. The van der Waals surface area contributed by atoms with E-state index >= 15 is 0 Å². The van der Waals surface area contributed by atoms with Crippen LogP contribution in [0.2, 0.25) is 0 Å². The average molecular weight is 378 g/mol. The van der Waals surface area contributed by atoms with Gasteiger partial charge in [-0.1, -0.05) is 0 Å². The van der Waals surface area contributed by atoms with Crippen molar-refractivity contribution in [1.82, 2.24) is 10.2 Å². The van der Waals surface area contributed by atoms with Gasteiger partial charge >= 0.3 is 0 Å². The normalized spacial score (nSPS) is 23.7. The molecule has 24 heavy (non-hydrogen) atoms. The number of nitrogens with zero attached hydrogens (tertiary/aromatic N) is 1. The summed E-state index contributed by atoms with van der Waals surface area (Å²) in [5, 5.41) is 1.99. The Morgan fingerprint density at radius 3 is 2.54 bits per heavy atom. The lowest BCUT2D eigenvalue weighted by Gasteiger charge is -2.21. The molecule has 0 aromatic heterocycles. The van der Waals surface area contributed by atoms with Crippen LogP contribution in [-0.4, -0.2) is 71.7 Å². The summed E-state index contributed by atoms with van der Waals surface area (Å²) in [6.07, 6.45) is 0. The first kappa shape index (κ1) is 19.3. The molecule has 0 unspecified atom stereocenters. The van der Waals surface area contributed by atoms with Gasteiger partial charge in [0.1, 0.15) is 5.82 Å². The van der Waals surface area contributed by atoms with E-state index in [0.717, 1.165) is 6.07 Å². The zero-order valence-electron chi connectivity index (χ0n) is 14.0. The van der Waals surface area contributed by atoms with Gasteiger partial charge in [0.25, 0.3) is 0 Å². The molecule has 0 bridgehead atoms. The van der Waals surface area contributed by atoms with Crippen LogP contribution in [0, 0.1) is 12.7 Å². The summed E-state index contributed by atoms with van der Waals surface area (Å²) in [5.41, 5.74) is 0.217. The van der Waals surface area contributed by atoms with Crippen LogP contribution in [0.15, 0.2) is 23.1 Å². The van der Waals surface area contributed by atoms with Gasteiger partial charge in [-0.25, -0.2) is 21.2 Å². The Hall–Kier alpha value is -1.03. The lowest BCUT2D eigenvalue weighted by molar-refractivity contribution is 0.388. The predicted octanol–water partition coefficient (Wildman–Crippen LogP) is 0.225. The lowest BCUT2D eigenvalue weighted by atomic mass is 10.2. The van der Waals surface area contributed by atoms with Gasteiger partial charge in [0, 0.05) is 19.1 Å². The van der Waals surface area contributed by atoms with E-state index in [1.807, 2.05) is 19.0 Å². The van der Waals surface area contributed by atoms with E-state index in [-0.39, 0.29) is 16.2 Å². The fraction of sp³-hybridized carbons (Fsp3) is 0.600. The molecule has 0 amide bonds. The molecule has 1 aliphatic heterocycles. The molecule has 1 fully saturated rings. The van der Waals surface area contributed by atoms with Gasteiger partial charge in [-0.3, -0.25) is 0 Å². The number of aryl methyl sites for hydroxylation is 1. The number of benzene rings is 1. The second kappa shape index (κ2) is 7.07. The summed E-state index contributed by atoms with van der Waals surface area (Å²) in [5.74, 6) is -1.11. The third kappa shape index (κ3) is 4.33. The molecule has 1 heterocycles. The number of hydrogen-bond acceptors (Lipinski definition) is 6. The highest BCUT2D eigenvalue weighted by Gasteiger charge is 2.45. The molecular formula is C15H23FN2O4S2. The molecule has 1 N–H and O–H groups in total. The fourth-order valence-electron chi connectivity index (χ4n) is 2.75. The lowest BCUT2D eigenvalue weighted by Crippen LogP contribution is -2.45. The Morgan fingerprint density at radius 1 is 1.29 bits per heavy atom. The number of rotatable bonds is 6. The van der Waals surface area contributed by atoms with Crippen molar-refractivity contribution in [3.63, 3.8) is 0 Å². The first-order valence-electron chi connectivity index (χ1n) is 7.61. The van der Waals surface area contributed by atoms with Crippen LogP contribution in [0.25, 0.3) is 0 Å². The highest BCUT2D eigenvalue weighted by atomic mass is 32.2. The van der Waals surface area contributed by atoms with Crippen LogP contribution < -0.4 is 5.32 Å². The number of nitrogens with one attached hydrogen (secondary N) is 1. The topological polar surface area (TPSA) is 83.5 Å². The molecule has 0 radical (unpaired) electrons. The summed E-state index contributed by atoms with van der Waals surface area (Å²) < 4.78 is 63.1. The molecule has 9 heteroatoms. The minimum absolute atomic E-state index is 0.0390. The summed E-state index contributed by atoms with van der Waals surface area (Å²) >= 11 is 0. The third-order valence-electron chi connectivity index (χ3n) is 4.12. The first-order valence-corrected chi connectivity index (χ1v) is 11.0. The van der Waals surface area contributed by atoms with E-state index in [0.29, 0.717) is 13.1 Å². The molecule has 0 saturated carbocycles. The van der Waals surface area contributed by atoms with Gasteiger partial charge in [0.2, 0.25) is 0 Å². The van der Waals surface area contributed by atoms with E-state index in [4.69, 9.17) is 0 Å². The highest BCUT2D eigenvalue weighted by Crippen LogP contribution is 2.27. The van der Waals surface area contributed by atoms with Crippen LogP contribution in [-0.2, 0) is 19.7 Å². The van der Waals surface area contributed by atoms with Crippen molar-refractivity contribution in [1.29, 1.82) is 0 Å². The maximum Gasteiger partial charge on any atom is 0.183 e. The summed E-state index contributed by atoms with van der Waals surface area (Å²) in [4.78, 5) is 1.88. The van der Waals surface area contributed by atoms with E-state index in [1.165, 1.54) is 19.1 Å². The Balaban J connectivity index is 2.29. The van der Waals surface area contributed by atoms with Crippen molar-refractivity contribution in [3.8, 4) is 0 Å². The standard InChI is InChI=1S/C15H23FN2O4S2/c1-11-8-12(4-5-13(11)16)24(21,22)15-10-23(19,20)9-14(15)17-6-7-18(2)3/h4-5,8,14-15,17H,6-7,9-10H2,1-3H3/t14-,15-/m0/s1. The van der Waals surface area contributed by atoms with Crippen LogP contribution in [0.3, 0.4) is 0 Å². The van der Waals surface area contributed by atoms with Gasteiger partial charge < -0.3 is 10.2 Å². The third-order valence-corrected chi connectivity index (χ3v) is 8.27.